The Balaban J connectivity index is 1.94. The van der Waals surface area contributed by atoms with Gasteiger partial charge in [-0.15, -0.1) is 0 Å². The molecule has 2 heterocycles. The zero-order valence-corrected chi connectivity index (χ0v) is 14.3. The number of anilines is 1. The second-order valence-electron chi connectivity index (χ2n) is 5.84. The van der Waals surface area contributed by atoms with Crippen LogP contribution in [0.15, 0.2) is 24.5 Å². The number of pyridine rings is 1. The Morgan fingerprint density at radius 3 is 2.65 bits per heavy atom. The number of carbonyl (C=O) groups is 1. The maximum Gasteiger partial charge on any atom is 0.238 e. The lowest BCUT2D eigenvalue weighted by molar-refractivity contribution is -0.117. The van der Waals surface area contributed by atoms with Crippen molar-refractivity contribution in [3.63, 3.8) is 0 Å². The summed E-state index contributed by atoms with van der Waals surface area (Å²) in [6, 6.07) is 3.91. The molecule has 0 saturated heterocycles. The van der Waals surface area contributed by atoms with E-state index in [1.54, 1.807) is 12.4 Å². The number of likely N-dealkylation sites (N-methyl/N-ethyl adjacent to an activating group) is 1. The molecule has 0 aliphatic carbocycles. The van der Waals surface area contributed by atoms with Gasteiger partial charge < -0.3 is 5.32 Å². The molecular formula is C17H25N5O. The Kier molecular flexibility index (Phi) is 5.87. The predicted molar refractivity (Wildman–Crippen MR) is 91.2 cm³/mol. The zero-order valence-electron chi connectivity index (χ0n) is 14.3. The van der Waals surface area contributed by atoms with Crippen LogP contribution >= 0.6 is 0 Å². The lowest BCUT2D eigenvalue weighted by Gasteiger charge is -2.16. The second kappa shape index (κ2) is 7.87. The molecule has 0 unspecified atom stereocenters. The van der Waals surface area contributed by atoms with Gasteiger partial charge in [-0.05, 0) is 45.0 Å². The van der Waals surface area contributed by atoms with Gasteiger partial charge in [0.05, 0.1) is 23.6 Å². The highest BCUT2D eigenvalue weighted by Gasteiger charge is 2.15. The molecule has 0 atom stereocenters. The third-order valence-corrected chi connectivity index (χ3v) is 3.70. The number of aromatic nitrogens is 3. The fourth-order valence-corrected chi connectivity index (χ4v) is 2.59. The molecule has 0 aliphatic rings. The maximum absolute atomic E-state index is 12.3. The summed E-state index contributed by atoms with van der Waals surface area (Å²) in [6.07, 6.45) is 4.54. The lowest BCUT2D eigenvalue weighted by atomic mass is 10.2. The topological polar surface area (TPSA) is 63.1 Å². The van der Waals surface area contributed by atoms with Crippen LogP contribution in [0, 0.1) is 13.8 Å². The molecule has 1 amide bonds. The summed E-state index contributed by atoms with van der Waals surface area (Å²) in [4.78, 5) is 18.3. The van der Waals surface area contributed by atoms with Gasteiger partial charge in [0.2, 0.25) is 5.91 Å². The van der Waals surface area contributed by atoms with Crippen molar-refractivity contribution in [2.24, 2.45) is 0 Å². The number of hydrogen-bond acceptors (Lipinski definition) is 4. The van der Waals surface area contributed by atoms with E-state index in [2.05, 4.69) is 22.3 Å². The fourth-order valence-electron chi connectivity index (χ4n) is 2.59. The largest absolute Gasteiger partial charge is 0.322 e. The molecule has 0 aromatic carbocycles. The van der Waals surface area contributed by atoms with Crippen LogP contribution in [0.2, 0.25) is 0 Å². The molecular weight excluding hydrogens is 290 g/mol. The first-order valence-corrected chi connectivity index (χ1v) is 7.92. The fraction of sp³-hybridized carbons (Fsp3) is 0.471. The molecule has 6 nitrogen and oxygen atoms in total. The van der Waals surface area contributed by atoms with Crippen molar-refractivity contribution in [2.45, 2.75) is 40.3 Å². The molecule has 2 rings (SSSR count). The Bertz CT molecular complexity index is 651. The number of rotatable bonds is 7. The lowest BCUT2D eigenvalue weighted by Crippen LogP contribution is -2.30. The van der Waals surface area contributed by atoms with Gasteiger partial charge in [0.1, 0.15) is 0 Å². The molecule has 0 fully saturated rings. The molecule has 23 heavy (non-hydrogen) atoms. The van der Waals surface area contributed by atoms with E-state index in [0.29, 0.717) is 13.1 Å². The Labute approximate surface area is 137 Å². The average molecular weight is 315 g/mol. The second-order valence-corrected chi connectivity index (χ2v) is 5.84. The molecule has 0 aliphatic heterocycles. The summed E-state index contributed by atoms with van der Waals surface area (Å²) in [5.74, 6) is -0.0243. The van der Waals surface area contributed by atoms with Gasteiger partial charge >= 0.3 is 0 Å². The van der Waals surface area contributed by atoms with Crippen LogP contribution < -0.4 is 5.32 Å². The quantitative estimate of drug-likeness (QED) is 0.852. The summed E-state index contributed by atoms with van der Waals surface area (Å²) in [7, 11) is 1.93. The average Bonchev–Trinajstić information content (AvgIpc) is 2.76. The van der Waals surface area contributed by atoms with Crippen molar-refractivity contribution in [3.8, 4) is 0 Å². The van der Waals surface area contributed by atoms with Crippen LogP contribution in [0.1, 0.15) is 30.3 Å². The number of carbonyl (C=O) groups excluding carboxylic acids is 1. The Hall–Kier alpha value is -2.21. The summed E-state index contributed by atoms with van der Waals surface area (Å²) in [5.41, 5.74) is 3.84. The molecule has 0 radical (unpaired) electrons. The molecule has 6 heteroatoms. The number of hydrogen-bond donors (Lipinski definition) is 1. The van der Waals surface area contributed by atoms with Crippen LogP contribution in [0.4, 0.5) is 5.69 Å². The highest BCUT2D eigenvalue weighted by atomic mass is 16.2. The predicted octanol–water partition coefficient (Wildman–Crippen LogP) is 2.38. The maximum atomic E-state index is 12.3. The Morgan fingerprint density at radius 1 is 1.30 bits per heavy atom. The van der Waals surface area contributed by atoms with E-state index in [1.807, 2.05) is 42.6 Å². The van der Waals surface area contributed by atoms with Crippen LogP contribution in [-0.4, -0.2) is 39.2 Å². The van der Waals surface area contributed by atoms with Crippen molar-refractivity contribution in [1.82, 2.24) is 19.7 Å². The van der Waals surface area contributed by atoms with Gasteiger partial charge in [0.15, 0.2) is 0 Å². The van der Waals surface area contributed by atoms with Crippen molar-refractivity contribution >= 4 is 11.6 Å². The van der Waals surface area contributed by atoms with Gasteiger partial charge in [-0.3, -0.25) is 19.4 Å². The first kappa shape index (κ1) is 17.1. The monoisotopic (exact) mass is 315 g/mol. The number of nitrogens with one attached hydrogen (secondary N) is 1. The molecule has 124 valence electrons. The van der Waals surface area contributed by atoms with E-state index in [9.17, 15) is 4.79 Å². The summed E-state index contributed by atoms with van der Waals surface area (Å²) < 4.78 is 1.95. The number of nitrogens with zero attached hydrogens (tertiary/aromatic N) is 4. The zero-order chi connectivity index (χ0) is 16.8. The highest BCUT2D eigenvalue weighted by molar-refractivity contribution is 5.93. The Morgan fingerprint density at radius 2 is 2.00 bits per heavy atom. The summed E-state index contributed by atoms with van der Waals surface area (Å²) in [6.45, 7) is 7.94. The SMILES string of the molecule is CCCn1nc(C)c(NC(=O)CN(C)Cc2ccncc2)c1C. The summed E-state index contributed by atoms with van der Waals surface area (Å²) >= 11 is 0. The highest BCUT2D eigenvalue weighted by Crippen LogP contribution is 2.19. The molecule has 1 N–H and O–H groups in total. The van der Waals surface area contributed by atoms with Crippen molar-refractivity contribution < 1.29 is 4.79 Å². The molecule has 2 aromatic rings. The minimum Gasteiger partial charge on any atom is -0.322 e. The minimum absolute atomic E-state index is 0.0243. The van der Waals surface area contributed by atoms with E-state index in [1.165, 1.54) is 0 Å². The van der Waals surface area contributed by atoms with Gasteiger partial charge in [-0.1, -0.05) is 6.92 Å². The van der Waals surface area contributed by atoms with E-state index in [-0.39, 0.29) is 5.91 Å². The van der Waals surface area contributed by atoms with Crippen molar-refractivity contribution in [2.75, 3.05) is 18.9 Å². The molecule has 2 aromatic heterocycles. The van der Waals surface area contributed by atoms with Gasteiger partial charge in [-0.2, -0.15) is 5.10 Å². The van der Waals surface area contributed by atoms with E-state index in [0.717, 1.165) is 35.6 Å². The number of aryl methyl sites for hydroxylation is 2. The van der Waals surface area contributed by atoms with Gasteiger partial charge in [0.25, 0.3) is 0 Å². The van der Waals surface area contributed by atoms with Gasteiger partial charge in [-0.25, -0.2) is 0 Å². The molecule has 0 spiro atoms. The first-order chi connectivity index (χ1) is 11.0. The molecule has 0 saturated carbocycles. The van der Waals surface area contributed by atoms with Crippen molar-refractivity contribution in [1.29, 1.82) is 0 Å². The van der Waals surface area contributed by atoms with Crippen molar-refractivity contribution in [3.05, 3.63) is 41.5 Å². The van der Waals surface area contributed by atoms with E-state index in [4.69, 9.17) is 0 Å². The van der Waals surface area contributed by atoms with Crippen LogP contribution in [0.25, 0.3) is 0 Å². The van der Waals surface area contributed by atoms with Crippen LogP contribution in [-0.2, 0) is 17.9 Å². The number of amides is 1. The van der Waals surface area contributed by atoms with Crippen LogP contribution in [0.5, 0.6) is 0 Å². The van der Waals surface area contributed by atoms with Gasteiger partial charge in [0, 0.05) is 25.5 Å². The van der Waals surface area contributed by atoms with Crippen LogP contribution in [0.3, 0.4) is 0 Å². The first-order valence-electron chi connectivity index (χ1n) is 7.92. The van der Waals surface area contributed by atoms with E-state index >= 15 is 0 Å². The third kappa shape index (κ3) is 4.63. The normalized spacial score (nSPS) is 11.0. The van der Waals surface area contributed by atoms with E-state index < -0.39 is 0 Å². The summed E-state index contributed by atoms with van der Waals surface area (Å²) in [5, 5.41) is 7.48. The third-order valence-electron chi connectivity index (χ3n) is 3.70. The minimum atomic E-state index is -0.0243. The molecule has 0 bridgehead atoms. The standard InChI is InChI=1S/C17H25N5O/c1-5-10-22-14(3)17(13(2)20-22)19-16(23)12-21(4)11-15-6-8-18-9-7-15/h6-9H,5,10-12H2,1-4H3,(H,19,23). The smallest absolute Gasteiger partial charge is 0.238 e.